The first kappa shape index (κ1) is 14.8. The van der Waals surface area contributed by atoms with E-state index in [-0.39, 0.29) is 5.78 Å². The van der Waals surface area contributed by atoms with Crippen molar-refractivity contribution >= 4 is 34.0 Å². The van der Waals surface area contributed by atoms with Crippen LogP contribution in [-0.2, 0) is 0 Å². The lowest BCUT2D eigenvalue weighted by molar-refractivity contribution is 0.102. The maximum Gasteiger partial charge on any atom is 0.206 e. The molecule has 0 bridgehead atoms. The fraction of sp³-hybridized carbons (Fsp3) is 0.400. The largest absolute Gasteiger partial charge is 0.486 e. The van der Waals surface area contributed by atoms with E-state index in [1.54, 1.807) is 18.2 Å². The van der Waals surface area contributed by atoms with Crippen LogP contribution in [0.25, 0.3) is 0 Å². The lowest BCUT2D eigenvalue weighted by atomic mass is 10.1. The average molecular weight is 349 g/mol. The number of aromatic nitrogens is 2. The lowest BCUT2D eigenvalue weighted by Crippen LogP contribution is -2.16. The summed E-state index contributed by atoms with van der Waals surface area (Å²) in [5, 5.41) is 12.3. The molecule has 0 atom stereocenters. The highest BCUT2D eigenvalue weighted by atomic mass is 32.2. The van der Waals surface area contributed by atoms with Gasteiger partial charge in [-0.25, -0.2) is 0 Å². The molecule has 1 fully saturated rings. The van der Waals surface area contributed by atoms with Crippen LogP contribution in [0, 0.1) is 0 Å². The monoisotopic (exact) mass is 349 g/mol. The first-order valence-corrected chi connectivity index (χ1v) is 9.24. The Balaban J connectivity index is 1.36. The Morgan fingerprint density at radius 1 is 1.26 bits per heavy atom. The van der Waals surface area contributed by atoms with Crippen molar-refractivity contribution < 1.29 is 14.3 Å². The molecular formula is C15H15N3O3S2. The second-order valence-corrected chi connectivity index (χ2v) is 7.56. The zero-order valence-electron chi connectivity index (χ0n) is 12.3. The Bertz CT molecular complexity index is 731. The smallest absolute Gasteiger partial charge is 0.206 e. The number of carbonyl (C=O) groups excluding carboxylic acids is 1. The van der Waals surface area contributed by atoms with Crippen molar-refractivity contribution in [2.45, 2.75) is 23.2 Å². The van der Waals surface area contributed by atoms with Crippen LogP contribution in [0.5, 0.6) is 11.5 Å². The van der Waals surface area contributed by atoms with Gasteiger partial charge in [-0.15, -0.1) is 10.2 Å². The fourth-order valence-corrected chi connectivity index (χ4v) is 3.88. The lowest BCUT2D eigenvalue weighted by Gasteiger charge is -2.18. The van der Waals surface area contributed by atoms with E-state index in [2.05, 4.69) is 15.5 Å². The van der Waals surface area contributed by atoms with Crippen LogP contribution >= 0.6 is 23.1 Å². The number of nitrogens with one attached hydrogen (secondary N) is 1. The van der Waals surface area contributed by atoms with Gasteiger partial charge in [0.2, 0.25) is 5.13 Å². The van der Waals surface area contributed by atoms with Gasteiger partial charge in [-0.2, -0.15) is 0 Å². The van der Waals surface area contributed by atoms with Gasteiger partial charge in [0.1, 0.15) is 13.2 Å². The van der Waals surface area contributed by atoms with Crippen LogP contribution in [-0.4, -0.2) is 41.0 Å². The van der Waals surface area contributed by atoms with Gasteiger partial charge in [0.05, 0.1) is 5.75 Å². The number of ether oxygens (including phenoxy) is 2. The Morgan fingerprint density at radius 2 is 2.09 bits per heavy atom. The molecule has 23 heavy (non-hydrogen) atoms. The van der Waals surface area contributed by atoms with Crippen molar-refractivity contribution in [1.29, 1.82) is 0 Å². The van der Waals surface area contributed by atoms with Crippen LogP contribution in [0.1, 0.15) is 23.2 Å². The van der Waals surface area contributed by atoms with E-state index in [4.69, 9.17) is 9.47 Å². The molecule has 2 heterocycles. The van der Waals surface area contributed by atoms with Gasteiger partial charge in [0, 0.05) is 11.6 Å². The molecule has 0 spiro atoms. The van der Waals surface area contributed by atoms with Gasteiger partial charge in [0.25, 0.3) is 0 Å². The summed E-state index contributed by atoms with van der Waals surface area (Å²) in [6.07, 6.45) is 2.40. The maximum absolute atomic E-state index is 12.3. The molecule has 1 N–H and O–H groups in total. The first-order chi connectivity index (χ1) is 11.3. The molecule has 8 heteroatoms. The summed E-state index contributed by atoms with van der Waals surface area (Å²) in [6.45, 7) is 1.06. The quantitative estimate of drug-likeness (QED) is 0.635. The van der Waals surface area contributed by atoms with E-state index >= 15 is 0 Å². The molecule has 1 aliphatic heterocycles. The molecule has 6 nitrogen and oxygen atoms in total. The zero-order chi connectivity index (χ0) is 15.6. The van der Waals surface area contributed by atoms with Crippen molar-refractivity contribution in [1.82, 2.24) is 10.2 Å². The van der Waals surface area contributed by atoms with Crippen LogP contribution in [0.15, 0.2) is 22.5 Å². The Hall–Kier alpha value is -1.80. The predicted octanol–water partition coefficient (Wildman–Crippen LogP) is 2.86. The number of anilines is 1. The van der Waals surface area contributed by atoms with Crippen molar-refractivity contribution in [2.24, 2.45) is 0 Å². The number of ketones is 1. The summed E-state index contributed by atoms with van der Waals surface area (Å²) in [5.74, 6) is 1.70. The second kappa shape index (κ2) is 6.37. The molecule has 1 saturated carbocycles. The van der Waals surface area contributed by atoms with Crippen molar-refractivity contribution in [3.8, 4) is 11.5 Å². The predicted molar refractivity (Wildman–Crippen MR) is 89.0 cm³/mol. The molecule has 0 saturated heterocycles. The summed E-state index contributed by atoms with van der Waals surface area (Å²) in [7, 11) is 0. The summed E-state index contributed by atoms with van der Waals surface area (Å²) < 4.78 is 11.8. The SMILES string of the molecule is O=C(CSc1nnc(NC2CC2)s1)c1ccc2c(c1)OCCO2. The third-order valence-electron chi connectivity index (χ3n) is 3.50. The molecule has 1 aliphatic carbocycles. The number of rotatable bonds is 6. The van der Waals surface area contributed by atoms with Crippen LogP contribution in [0.4, 0.5) is 5.13 Å². The molecular weight excluding hydrogens is 334 g/mol. The second-order valence-electron chi connectivity index (χ2n) is 5.36. The number of benzene rings is 1. The highest BCUT2D eigenvalue weighted by molar-refractivity contribution is 8.01. The third kappa shape index (κ3) is 3.59. The topological polar surface area (TPSA) is 73.3 Å². The minimum Gasteiger partial charge on any atom is -0.486 e. The number of carbonyl (C=O) groups is 1. The van der Waals surface area contributed by atoms with Crippen molar-refractivity contribution in [3.63, 3.8) is 0 Å². The van der Waals surface area contributed by atoms with Crippen LogP contribution in [0.2, 0.25) is 0 Å². The zero-order valence-corrected chi connectivity index (χ0v) is 13.9. The molecule has 1 aromatic carbocycles. The van der Waals surface area contributed by atoms with E-state index in [9.17, 15) is 4.79 Å². The molecule has 0 radical (unpaired) electrons. The minimum atomic E-state index is 0.0406. The number of thioether (sulfide) groups is 1. The number of fused-ring (bicyclic) bond motifs is 1. The van der Waals surface area contributed by atoms with Crippen molar-refractivity contribution in [2.75, 3.05) is 24.3 Å². The van der Waals surface area contributed by atoms with Crippen LogP contribution < -0.4 is 14.8 Å². The summed E-state index contributed by atoms with van der Waals surface area (Å²) in [6, 6.07) is 5.86. The molecule has 1 aromatic heterocycles. The van der Waals surface area contributed by atoms with E-state index in [1.807, 2.05) is 0 Å². The highest BCUT2D eigenvalue weighted by Gasteiger charge is 2.22. The standard InChI is InChI=1S/C15H15N3O3S2/c19-11(9-1-4-12-13(7-9)21-6-5-20-12)8-22-15-18-17-14(23-15)16-10-2-3-10/h1,4,7,10H,2-3,5-6,8H2,(H,16,17). The molecule has 2 aromatic rings. The van der Waals surface area contributed by atoms with E-state index < -0.39 is 0 Å². The number of Topliss-reactive ketones (excluding diaryl/α,β-unsaturated/α-hetero) is 1. The number of hydrogen-bond acceptors (Lipinski definition) is 8. The molecule has 4 rings (SSSR count). The fourth-order valence-electron chi connectivity index (χ4n) is 2.16. The van der Waals surface area contributed by atoms with Gasteiger partial charge in [-0.05, 0) is 31.0 Å². The molecule has 0 unspecified atom stereocenters. The summed E-state index contributed by atoms with van der Waals surface area (Å²) in [5.41, 5.74) is 0.627. The highest BCUT2D eigenvalue weighted by Crippen LogP contribution is 2.33. The number of hydrogen-bond donors (Lipinski definition) is 1. The van der Waals surface area contributed by atoms with Gasteiger partial charge >= 0.3 is 0 Å². The van der Waals surface area contributed by atoms with Crippen molar-refractivity contribution in [3.05, 3.63) is 23.8 Å². The van der Waals surface area contributed by atoms with E-state index in [1.165, 1.54) is 35.9 Å². The first-order valence-electron chi connectivity index (χ1n) is 7.43. The Morgan fingerprint density at radius 3 is 2.91 bits per heavy atom. The molecule has 2 aliphatic rings. The van der Waals surface area contributed by atoms with E-state index in [0.717, 1.165) is 9.47 Å². The normalized spacial score (nSPS) is 16.2. The third-order valence-corrected chi connectivity index (χ3v) is 5.49. The minimum absolute atomic E-state index is 0.0406. The number of nitrogens with zero attached hydrogens (tertiary/aromatic N) is 2. The van der Waals surface area contributed by atoms with Gasteiger partial charge in [-0.3, -0.25) is 4.79 Å². The summed E-state index contributed by atoms with van der Waals surface area (Å²) >= 11 is 2.91. The van der Waals surface area contributed by atoms with Crippen LogP contribution in [0.3, 0.4) is 0 Å². The Kier molecular flexibility index (Phi) is 4.09. The molecule has 120 valence electrons. The summed E-state index contributed by atoms with van der Waals surface area (Å²) in [4.78, 5) is 12.3. The van der Waals surface area contributed by atoms with Gasteiger partial charge in [-0.1, -0.05) is 23.1 Å². The average Bonchev–Trinajstić information content (AvgIpc) is 3.28. The van der Waals surface area contributed by atoms with E-state index in [0.29, 0.717) is 42.1 Å². The van der Waals surface area contributed by atoms with Gasteiger partial charge in [0.15, 0.2) is 21.6 Å². The maximum atomic E-state index is 12.3. The Labute approximate surface area is 141 Å². The molecule has 0 amide bonds. The van der Waals surface area contributed by atoms with Gasteiger partial charge < -0.3 is 14.8 Å².